The van der Waals surface area contributed by atoms with E-state index in [9.17, 15) is 9.59 Å². The van der Waals surface area contributed by atoms with Gasteiger partial charge in [0.2, 0.25) is 11.8 Å². The summed E-state index contributed by atoms with van der Waals surface area (Å²) >= 11 is 0. The van der Waals surface area contributed by atoms with E-state index in [-0.39, 0.29) is 24.7 Å². The molecule has 26 heavy (non-hydrogen) atoms. The van der Waals surface area contributed by atoms with E-state index in [2.05, 4.69) is 12.1 Å². The summed E-state index contributed by atoms with van der Waals surface area (Å²) in [6.07, 6.45) is 2.13. The molecule has 0 saturated carbocycles. The first-order valence-electron chi connectivity index (χ1n) is 9.05. The third kappa shape index (κ3) is 3.79. The summed E-state index contributed by atoms with van der Waals surface area (Å²) in [7, 11) is 5.40. The van der Waals surface area contributed by atoms with Gasteiger partial charge in [-0.2, -0.15) is 5.10 Å². The first kappa shape index (κ1) is 18.2. The van der Waals surface area contributed by atoms with Gasteiger partial charge in [-0.3, -0.25) is 14.3 Å². The molecule has 0 bridgehead atoms. The van der Waals surface area contributed by atoms with E-state index in [1.165, 1.54) is 16.2 Å². The van der Waals surface area contributed by atoms with Crippen LogP contribution in [0.25, 0.3) is 11.3 Å². The van der Waals surface area contributed by atoms with Crippen LogP contribution in [0.4, 0.5) is 0 Å². The number of rotatable bonds is 4. The lowest BCUT2D eigenvalue weighted by molar-refractivity contribution is -0.135. The Hall–Kier alpha value is -2.63. The number of amides is 2. The number of fused-ring (bicyclic) bond motifs is 1. The van der Waals surface area contributed by atoms with Gasteiger partial charge in [-0.05, 0) is 6.42 Å². The Balaban J connectivity index is 1.71. The van der Waals surface area contributed by atoms with Gasteiger partial charge in [0.25, 0.3) is 0 Å². The Morgan fingerprint density at radius 3 is 2.46 bits per heavy atom. The van der Waals surface area contributed by atoms with Crippen LogP contribution in [-0.2, 0) is 29.5 Å². The summed E-state index contributed by atoms with van der Waals surface area (Å²) in [5.41, 5.74) is 4.56. The van der Waals surface area contributed by atoms with Crippen molar-refractivity contribution in [3.8, 4) is 11.3 Å². The van der Waals surface area contributed by atoms with E-state index < -0.39 is 0 Å². The van der Waals surface area contributed by atoms with Crippen molar-refractivity contribution >= 4 is 11.8 Å². The number of benzene rings is 1. The highest BCUT2D eigenvalue weighted by Gasteiger charge is 2.24. The fourth-order valence-corrected chi connectivity index (χ4v) is 3.45. The summed E-state index contributed by atoms with van der Waals surface area (Å²) < 4.78 is 1.95. The van der Waals surface area contributed by atoms with Gasteiger partial charge in [-0.1, -0.05) is 30.3 Å². The minimum atomic E-state index is -0.00739. The van der Waals surface area contributed by atoms with E-state index in [4.69, 9.17) is 5.10 Å². The van der Waals surface area contributed by atoms with Gasteiger partial charge >= 0.3 is 0 Å². The van der Waals surface area contributed by atoms with Crippen LogP contribution < -0.4 is 0 Å². The average molecular weight is 354 g/mol. The zero-order valence-electron chi connectivity index (χ0n) is 15.7. The maximum Gasteiger partial charge on any atom is 0.223 e. The van der Waals surface area contributed by atoms with Crippen molar-refractivity contribution in [2.75, 3.05) is 27.2 Å². The number of hydrogen-bond acceptors (Lipinski definition) is 3. The minimum absolute atomic E-state index is 0.00739. The molecule has 6 heteroatoms. The second-order valence-electron chi connectivity index (χ2n) is 6.93. The van der Waals surface area contributed by atoms with Crippen molar-refractivity contribution in [3.63, 3.8) is 0 Å². The minimum Gasteiger partial charge on any atom is -0.349 e. The average Bonchev–Trinajstić information content (AvgIpc) is 2.82. The van der Waals surface area contributed by atoms with Gasteiger partial charge < -0.3 is 9.80 Å². The standard InChI is InChI=1S/C20H26N4O2/c1-22(2)18(25)9-10-19(26)24-13-11-16-17(12-14-24)23(3)21-20(16)15-7-5-4-6-8-15/h4-8H,9-14H2,1-3H3. The first-order valence-corrected chi connectivity index (χ1v) is 9.05. The Morgan fingerprint density at radius 1 is 1.08 bits per heavy atom. The van der Waals surface area contributed by atoms with Gasteiger partial charge in [0.15, 0.2) is 0 Å². The lowest BCUT2D eigenvalue weighted by Crippen LogP contribution is -2.34. The molecule has 1 aromatic carbocycles. The van der Waals surface area contributed by atoms with Crippen molar-refractivity contribution in [1.82, 2.24) is 19.6 Å². The molecular weight excluding hydrogens is 328 g/mol. The van der Waals surface area contributed by atoms with Crippen LogP contribution >= 0.6 is 0 Å². The molecule has 2 heterocycles. The van der Waals surface area contributed by atoms with Crippen LogP contribution in [0.3, 0.4) is 0 Å². The van der Waals surface area contributed by atoms with E-state index in [1.54, 1.807) is 14.1 Å². The molecule has 0 N–H and O–H groups in total. The van der Waals surface area contributed by atoms with Gasteiger partial charge in [0.05, 0.1) is 5.69 Å². The Kier molecular flexibility index (Phi) is 5.40. The van der Waals surface area contributed by atoms with E-state index in [1.807, 2.05) is 34.8 Å². The molecule has 1 aliphatic heterocycles. The van der Waals surface area contributed by atoms with Crippen molar-refractivity contribution in [2.24, 2.45) is 7.05 Å². The maximum atomic E-state index is 12.5. The van der Waals surface area contributed by atoms with Crippen molar-refractivity contribution in [2.45, 2.75) is 25.7 Å². The van der Waals surface area contributed by atoms with E-state index in [0.29, 0.717) is 13.1 Å². The number of aryl methyl sites for hydroxylation is 1. The van der Waals surface area contributed by atoms with Crippen LogP contribution in [0.1, 0.15) is 24.1 Å². The molecule has 0 fully saturated rings. The van der Waals surface area contributed by atoms with Crippen LogP contribution in [0.5, 0.6) is 0 Å². The van der Waals surface area contributed by atoms with Crippen LogP contribution in [0.15, 0.2) is 30.3 Å². The quantitative estimate of drug-likeness (QED) is 0.842. The van der Waals surface area contributed by atoms with Gasteiger partial charge in [-0.15, -0.1) is 0 Å². The summed E-state index contributed by atoms with van der Waals surface area (Å²) in [5.74, 6) is 0.0502. The molecule has 2 aromatic rings. The molecule has 0 unspecified atom stereocenters. The summed E-state index contributed by atoms with van der Waals surface area (Å²) in [4.78, 5) is 27.7. The Bertz CT molecular complexity index is 796. The molecule has 0 atom stereocenters. The molecule has 0 radical (unpaired) electrons. The second-order valence-corrected chi connectivity index (χ2v) is 6.93. The summed E-state index contributed by atoms with van der Waals surface area (Å²) in [5, 5.41) is 4.72. The second kappa shape index (κ2) is 7.72. The molecule has 0 spiro atoms. The predicted molar refractivity (Wildman–Crippen MR) is 101 cm³/mol. The smallest absolute Gasteiger partial charge is 0.223 e. The lowest BCUT2D eigenvalue weighted by Gasteiger charge is -2.21. The fourth-order valence-electron chi connectivity index (χ4n) is 3.45. The highest BCUT2D eigenvalue weighted by atomic mass is 16.2. The molecule has 138 valence electrons. The third-order valence-electron chi connectivity index (χ3n) is 4.98. The molecule has 2 amide bonds. The molecule has 1 aromatic heterocycles. The fraction of sp³-hybridized carbons (Fsp3) is 0.450. The highest BCUT2D eigenvalue weighted by molar-refractivity contribution is 5.83. The van der Waals surface area contributed by atoms with Crippen molar-refractivity contribution < 1.29 is 9.59 Å². The van der Waals surface area contributed by atoms with Crippen LogP contribution in [-0.4, -0.2) is 58.6 Å². The van der Waals surface area contributed by atoms with Gasteiger partial charge in [0, 0.05) is 70.3 Å². The van der Waals surface area contributed by atoms with Crippen molar-refractivity contribution in [1.29, 1.82) is 0 Å². The number of nitrogens with zero attached hydrogens (tertiary/aromatic N) is 4. The molecule has 3 rings (SSSR count). The van der Waals surface area contributed by atoms with Crippen molar-refractivity contribution in [3.05, 3.63) is 41.6 Å². The van der Waals surface area contributed by atoms with E-state index in [0.717, 1.165) is 24.1 Å². The molecule has 0 aliphatic carbocycles. The monoisotopic (exact) mass is 354 g/mol. The van der Waals surface area contributed by atoms with Gasteiger partial charge in [0.1, 0.15) is 0 Å². The molecule has 0 saturated heterocycles. The van der Waals surface area contributed by atoms with Gasteiger partial charge in [-0.25, -0.2) is 0 Å². The first-order chi connectivity index (χ1) is 12.5. The normalized spacial score (nSPS) is 13.9. The third-order valence-corrected chi connectivity index (χ3v) is 4.98. The Morgan fingerprint density at radius 2 is 1.77 bits per heavy atom. The predicted octanol–water partition coefficient (Wildman–Crippen LogP) is 1.88. The number of hydrogen-bond donors (Lipinski definition) is 0. The largest absolute Gasteiger partial charge is 0.349 e. The van der Waals surface area contributed by atoms with Crippen LogP contribution in [0.2, 0.25) is 0 Å². The van der Waals surface area contributed by atoms with Crippen LogP contribution in [0, 0.1) is 0 Å². The van der Waals surface area contributed by atoms with E-state index >= 15 is 0 Å². The number of carbonyl (C=O) groups excluding carboxylic acids is 2. The molecule has 6 nitrogen and oxygen atoms in total. The number of aromatic nitrogens is 2. The zero-order valence-corrected chi connectivity index (χ0v) is 15.7. The zero-order chi connectivity index (χ0) is 18.7. The summed E-state index contributed by atoms with van der Waals surface area (Å²) in [6.45, 7) is 1.35. The lowest BCUT2D eigenvalue weighted by atomic mass is 10.0. The maximum absolute atomic E-state index is 12.5. The highest BCUT2D eigenvalue weighted by Crippen LogP contribution is 2.28. The Labute approximate surface area is 154 Å². The summed E-state index contributed by atoms with van der Waals surface area (Å²) in [6, 6.07) is 10.2. The molecular formula is C20H26N4O2. The number of carbonyl (C=O) groups is 2. The SMILES string of the molecule is CN(C)C(=O)CCC(=O)N1CCc2c(-c3ccccc3)nn(C)c2CC1. The molecule has 1 aliphatic rings. The topological polar surface area (TPSA) is 58.4 Å².